The van der Waals surface area contributed by atoms with Crippen LogP contribution in [-0.4, -0.2) is 58.9 Å². The van der Waals surface area contributed by atoms with E-state index in [1.807, 2.05) is 23.1 Å². The standard InChI is InChI=1S/C19H25N5O2/c1-26-16-6-2-4-14(12-16)19(25)23-10-3-5-15(13-23)18-22-21-17-7-8-20-9-11-24(17)18/h2,4,6,12,15,20H,3,5,7-11,13H2,1H3/t15-/m1/s1. The molecule has 0 bridgehead atoms. The Morgan fingerprint density at radius 1 is 1.27 bits per heavy atom. The van der Waals surface area contributed by atoms with Crippen molar-refractivity contribution in [1.29, 1.82) is 0 Å². The smallest absolute Gasteiger partial charge is 0.254 e. The topological polar surface area (TPSA) is 72.3 Å². The van der Waals surface area contributed by atoms with Crippen LogP contribution >= 0.6 is 0 Å². The first-order valence-corrected chi connectivity index (χ1v) is 9.32. The molecule has 0 aliphatic carbocycles. The second-order valence-electron chi connectivity index (χ2n) is 6.95. The Bertz CT molecular complexity index is 788. The molecule has 1 fully saturated rings. The van der Waals surface area contributed by atoms with Gasteiger partial charge in [0.2, 0.25) is 0 Å². The third-order valence-corrected chi connectivity index (χ3v) is 5.28. The molecule has 7 nitrogen and oxygen atoms in total. The highest BCUT2D eigenvalue weighted by atomic mass is 16.5. The molecule has 0 spiro atoms. The van der Waals surface area contributed by atoms with Gasteiger partial charge >= 0.3 is 0 Å². The summed E-state index contributed by atoms with van der Waals surface area (Å²) in [5, 5.41) is 12.3. The SMILES string of the molecule is COc1cccc(C(=O)N2CCC[C@@H](c3nnc4n3CCNCC4)C2)c1. The van der Waals surface area contributed by atoms with Gasteiger partial charge in [0.15, 0.2) is 0 Å². The van der Waals surface area contributed by atoms with Gasteiger partial charge in [-0.2, -0.15) is 0 Å². The van der Waals surface area contributed by atoms with E-state index in [0.29, 0.717) is 17.9 Å². The van der Waals surface area contributed by atoms with Crippen LogP contribution in [0.5, 0.6) is 5.75 Å². The van der Waals surface area contributed by atoms with Crippen LogP contribution in [0.25, 0.3) is 0 Å². The average molecular weight is 355 g/mol. The van der Waals surface area contributed by atoms with Gasteiger partial charge in [0.05, 0.1) is 7.11 Å². The van der Waals surface area contributed by atoms with Gasteiger partial charge in [-0.25, -0.2) is 0 Å². The number of hydrogen-bond acceptors (Lipinski definition) is 5. The molecule has 2 aliphatic rings. The maximum absolute atomic E-state index is 12.9. The van der Waals surface area contributed by atoms with E-state index in [-0.39, 0.29) is 11.8 Å². The molecule has 26 heavy (non-hydrogen) atoms. The molecule has 1 aromatic carbocycles. The van der Waals surface area contributed by atoms with Gasteiger partial charge in [-0.15, -0.1) is 10.2 Å². The number of likely N-dealkylation sites (tertiary alicyclic amines) is 1. The van der Waals surface area contributed by atoms with E-state index >= 15 is 0 Å². The molecule has 2 aromatic rings. The molecule has 4 rings (SSSR count). The summed E-state index contributed by atoms with van der Waals surface area (Å²) in [6.45, 7) is 4.27. The first kappa shape index (κ1) is 17.0. The Morgan fingerprint density at radius 3 is 3.08 bits per heavy atom. The second-order valence-corrected chi connectivity index (χ2v) is 6.95. The van der Waals surface area contributed by atoms with E-state index in [9.17, 15) is 4.79 Å². The maximum Gasteiger partial charge on any atom is 0.254 e. The molecule has 1 N–H and O–H groups in total. The van der Waals surface area contributed by atoms with Crippen LogP contribution in [0, 0.1) is 0 Å². The molecule has 1 saturated heterocycles. The zero-order valence-electron chi connectivity index (χ0n) is 15.1. The van der Waals surface area contributed by atoms with Crippen LogP contribution in [0.4, 0.5) is 0 Å². The molecule has 2 aliphatic heterocycles. The third kappa shape index (κ3) is 3.31. The summed E-state index contributed by atoms with van der Waals surface area (Å²) in [4.78, 5) is 14.9. The third-order valence-electron chi connectivity index (χ3n) is 5.28. The highest BCUT2D eigenvalue weighted by Crippen LogP contribution is 2.28. The molecular weight excluding hydrogens is 330 g/mol. The summed E-state index contributed by atoms with van der Waals surface area (Å²) in [5.41, 5.74) is 0.675. The number of aromatic nitrogens is 3. The number of benzene rings is 1. The van der Waals surface area contributed by atoms with Crippen molar-refractivity contribution in [2.75, 3.05) is 33.3 Å². The number of carbonyl (C=O) groups excluding carboxylic acids is 1. The fourth-order valence-electron chi connectivity index (χ4n) is 3.91. The number of fused-ring (bicyclic) bond motifs is 1. The van der Waals surface area contributed by atoms with Crippen molar-refractivity contribution in [3.05, 3.63) is 41.5 Å². The largest absolute Gasteiger partial charge is 0.497 e. The minimum absolute atomic E-state index is 0.0610. The van der Waals surface area contributed by atoms with E-state index in [1.165, 1.54) is 0 Å². The number of ether oxygens (including phenoxy) is 1. The minimum Gasteiger partial charge on any atom is -0.497 e. The summed E-state index contributed by atoms with van der Waals surface area (Å²) in [7, 11) is 1.62. The highest BCUT2D eigenvalue weighted by Gasteiger charge is 2.30. The van der Waals surface area contributed by atoms with E-state index in [1.54, 1.807) is 13.2 Å². The molecule has 1 aromatic heterocycles. The number of carbonyl (C=O) groups is 1. The van der Waals surface area contributed by atoms with Gasteiger partial charge in [0, 0.05) is 50.6 Å². The molecule has 7 heteroatoms. The lowest BCUT2D eigenvalue weighted by molar-refractivity contribution is 0.0702. The number of hydrogen-bond donors (Lipinski definition) is 1. The number of rotatable bonds is 3. The van der Waals surface area contributed by atoms with E-state index in [2.05, 4.69) is 20.1 Å². The first-order chi connectivity index (χ1) is 12.8. The Morgan fingerprint density at radius 2 is 2.19 bits per heavy atom. The Labute approximate surface area is 153 Å². The second kappa shape index (κ2) is 7.45. The summed E-state index contributed by atoms with van der Waals surface area (Å²) in [6, 6.07) is 7.37. The van der Waals surface area contributed by atoms with Crippen LogP contribution in [0.3, 0.4) is 0 Å². The fraction of sp³-hybridized carbons (Fsp3) is 0.526. The van der Waals surface area contributed by atoms with Crippen LogP contribution in [-0.2, 0) is 13.0 Å². The molecule has 0 radical (unpaired) electrons. The van der Waals surface area contributed by atoms with Crippen LogP contribution in [0.2, 0.25) is 0 Å². The minimum atomic E-state index is 0.0610. The summed E-state index contributed by atoms with van der Waals surface area (Å²) >= 11 is 0. The lowest BCUT2D eigenvalue weighted by atomic mass is 9.96. The normalized spacial score (nSPS) is 20.3. The monoisotopic (exact) mass is 355 g/mol. The summed E-state index contributed by atoms with van der Waals surface area (Å²) in [6.07, 6.45) is 2.94. The Kier molecular flexibility index (Phi) is 4.88. The molecule has 0 unspecified atom stereocenters. The van der Waals surface area contributed by atoms with Gasteiger partial charge < -0.3 is 19.5 Å². The number of methoxy groups -OCH3 is 1. The fourth-order valence-corrected chi connectivity index (χ4v) is 3.91. The quantitative estimate of drug-likeness (QED) is 0.902. The van der Waals surface area contributed by atoms with Crippen molar-refractivity contribution in [2.45, 2.75) is 31.7 Å². The average Bonchev–Trinajstić information content (AvgIpc) is 2.96. The number of amides is 1. The molecule has 1 atom stereocenters. The number of nitrogens with one attached hydrogen (secondary N) is 1. The molecule has 1 amide bonds. The Balaban J connectivity index is 1.52. The first-order valence-electron chi connectivity index (χ1n) is 9.32. The summed E-state index contributed by atoms with van der Waals surface area (Å²) < 4.78 is 7.50. The van der Waals surface area contributed by atoms with Crippen molar-refractivity contribution in [3.63, 3.8) is 0 Å². The van der Waals surface area contributed by atoms with E-state index in [4.69, 9.17) is 4.74 Å². The van der Waals surface area contributed by atoms with Gasteiger partial charge in [-0.1, -0.05) is 6.07 Å². The van der Waals surface area contributed by atoms with Crippen molar-refractivity contribution in [2.24, 2.45) is 0 Å². The van der Waals surface area contributed by atoms with Gasteiger partial charge in [-0.3, -0.25) is 4.79 Å². The van der Waals surface area contributed by atoms with Crippen LogP contribution in [0.15, 0.2) is 24.3 Å². The molecule has 138 valence electrons. The molecular formula is C19H25N5O2. The molecule has 3 heterocycles. The maximum atomic E-state index is 12.9. The van der Waals surface area contributed by atoms with Gasteiger partial charge in [0.1, 0.15) is 17.4 Å². The molecule has 0 saturated carbocycles. The lowest BCUT2D eigenvalue weighted by Crippen LogP contribution is -2.40. The zero-order chi connectivity index (χ0) is 17.9. The van der Waals surface area contributed by atoms with E-state index in [0.717, 1.165) is 57.1 Å². The zero-order valence-corrected chi connectivity index (χ0v) is 15.1. The van der Waals surface area contributed by atoms with Crippen molar-refractivity contribution in [1.82, 2.24) is 25.0 Å². The predicted molar refractivity (Wildman–Crippen MR) is 97.5 cm³/mol. The summed E-state index contributed by atoms with van der Waals surface area (Å²) in [5.74, 6) is 3.11. The van der Waals surface area contributed by atoms with E-state index < -0.39 is 0 Å². The Hall–Kier alpha value is -2.41. The highest BCUT2D eigenvalue weighted by molar-refractivity contribution is 5.94. The van der Waals surface area contributed by atoms with Crippen molar-refractivity contribution < 1.29 is 9.53 Å². The van der Waals surface area contributed by atoms with Crippen molar-refractivity contribution in [3.8, 4) is 5.75 Å². The van der Waals surface area contributed by atoms with Gasteiger partial charge in [0.25, 0.3) is 5.91 Å². The van der Waals surface area contributed by atoms with Crippen LogP contribution < -0.4 is 10.1 Å². The predicted octanol–water partition coefficient (Wildman–Crippen LogP) is 1.45. The van der Waals surface area contributed by atoms with Gasteiger partial charge in [-0.05, 0) is 31.0 Å². The number of nitrogens with zero attached hydrogens (tertiary/aromatic N) is 4. The van der Waals surface area contributed by atoms with Crippen LogP contribution in [0.1, 0.15) is 40.8 Å². The lowest BCUT2D eigenvalue weighted by Gasteiger charge is -2.32. The van der Waals surface area contributed by atoms with Crippen molar-refractivity contribution >= 4 is 5.91 Å². The number of piperidine rings is 1.